The summed E-state index contributed by atoms with van der Waals surface area (Å²) in [5.41, 5.74) is 0. The molecule has 0 saturated carbocycles. The number of ether oxygens (including phenoxy) is 2. The monoisotopic (exact) mass is 270 g/mol. The molecule has 2 rings (SSSR count). The fourth-order valence-corrected chi connectivity index (χ4v) is 3.03. The van der Waals surface area contributed by atoms with E-state index in [1.54, 1.807) is 4.90 Å². The normalized spacial score (nSPS) is 27.1. The molecule has 110 valence electrons. The number of hydrogen-bond acceptors (Lipinski definition) is 4. The third kappa shape index (κ3) is 4.08. The number of likely N-dealkylation sites (tertiary alicyclic amines) is 1. The highest BCUT2D eigenvalue weighted by molar-refractivity contribution is 5.67. The van der Waals surface area contributed by atoms with Gasteiger partial charge in [-0.25, -0.2) is 4.79 Å². The SMILES string of the molecule is COC(=O)N1CCC(NC(C)C2CCCOC2)CC1. The number of methoxy groups -OCH3 is 1. The van der Waals surface area contributed by atoms with E-state index in [2.05, 4.69) is 12.2 Å². The number of carbonyl (C=O) groups is 1. The van der Waals surface area contributed by atoms with Crippen LogP contribution in [0.4, 0.5) is 4.79 Å². The topological polar surface area (TPSA) is 50.8 Å². The number of piperidine rings is 1. The summed E-state index contributed by atoms with van der Waals surface area (Å²) < 4.78 is 10.3. The lowest BCUT2D eigenvalue weighted by molar-refractivity contribution is 0.0381. The minimum atomic E-state index is -0.202. The van der Waals surface area contributed by atoms with Gasteiger partial charge in [-0.2, -0.15) is 0 Å². The minimum Gasteiger partial charge on any atom is -0.453 e. The van der Waals surface area contributed by atoms with Crippen molar-refractivity contribution in [3.63, 3.8) is 0 Å². The molecular weight excluding hydrogens is 244 g/mol. The van der Waals surface area contributed by atoms with Crippen molar-refractivity contribution in [2.45, 2.75) is 44.7 Å². The first kappa shape index (κ1) is 14.6. The molecule has 2 fully saturated rings. The molecule has 0 bridgehead atoms. The second kappa shape index (κ2) is 7.10. The Bertz CT molecular complexity index is 284. The zero-order chi connectivity index (χ0) is 13.7. The van der Waals surface area contributed by atoms with Crippen LogP contribution in [0.2, 0.25) is 0 Å². The van der Waals surface area contributed by atoms with E-state index in [4.69, 9.17) is 9.47 Å². The Morgan fingerprint density at radius 3 is 2.68 bits per heavy atom. The van der Waals surface area contributed by atoms with Gasteiger partial charge in [-0.15, -0.1) is 0 Å². The molecule has 1 amide bonds. The lowest BCUT2D eigenvalue weighted by Gasteiger charge is -2.36. The maximum Gasteiger partial charge on any atom is 0.409 e. The number of carbonyl (C=O) groups excluding carboxylic acids is 1. The predicted octanol–water partition coefficient (Wildman–Crippen LogP) is 1.62. The number of nitrogens with one attached hydrogen (secondary N) is 1. The van der Waals surface area contributed by atoms with Crippen LogP contribution in [-0.2, 0) is 9.47 Å². The largest absolute Gasteiger partial charge is 0.453 e. The Morgan fingerprint density at radius 2 is 2.11 bits per heavy atom. The molecule has 0 radical (unpaired) electrons. The number of amides is 1. The van der Waals surface area contributed by atoms with E-state index < -0.39 is 0 Å². The molecule has 5 heteroatoms. The predicted molar refractivity (Wildman–Crippen MR) is 73.1 cm³/mol. The Kier molecular flexibility index (Phi) is 5.45. The molecule has 0 aliphatic carbocycles. The highest BCUT2D eigenvalue weighted by Crippen LogP contribution is 2.19. The van der Waals surface area contributed by atoms with Crippen molar-refractivity contribution in [1.29, 1.82) is 0 Å². The van der Waals surface area contributed by atoms with Crippen LogP contribution >= 0.6 is 0 Å². The zero-order valence-electron chi connectivity index (χ0n) is 12.1. The van der Waals surface area contributed by atoms with Crippen molar-refractivity contribution >= 4 is 6.09 Å². The van der Waals surface area contributed by atoms with Crippen molar-refractivity contribution in [2.75, 3.05) is 33.4 Å². The Balaban J connectivity index is 1.71. The standard InChI is InChI=1S/C14H26N2O3/c1-11(12-4-3-9-19-10-12)15-13-5-7-16(8-6-13)14(17)18-2/h11-13,15H,3-10H2,1-2H3. The Morgan fingerprint density at radius 1 is 1.37 bits per heavy atom. The van der Waals surface area contributed by atoms with E-state index >= 15 is 0 Å². The molecule has 2 aliphatic rings. The quantitative estimate of drug-likeness (QED) is 0.846. The average molecular weight is 270 g/mol. The Hall–Kier alpha value is -0.810. The first-order chi connectivity index (χ1) is 9.20. The molecule has 0 aromatic carbocycles. The van der Waals surface area contributed by atoms with Gasteiger partial charge in [-0.3, -0.25) is 0 Å². The molecule has 0 aromatic rings. The summed E-state index contributed by atoms with van der Waals surface area (Å²) in [5.74, 6) is 0.632. The highest BCUT2D eigenvalue weighted by Gasteiger charge is 2.27. The summed E-state index contributed by atoms with van der Waals surface area (Å²) in [6.45, 7) is 5.64. The summed E-state index contributed by atoms with van der Waals surface area (Å²) >= 11 is 0. The second-order valence-electron chi connectivity index (χ2n) is 5.66. The van der Waals surface area contributed by atoms with Crippen molar-refractivity contribution in [3.8, 4) is 0 Å². The smallest absolute Gasteiger partial charge is 0.409 e. The first-order valence-corrected chi connectivity index (χ1v) is 7.37. The molecule has 19 heavy (non-hydrogen) atoms. The average Bonchev–Trinajstić information content (AvgIpc) is 2.48. The van der Waals surface area contributed by atoms with Gasteiger partial charge in [0.05, 0.1) is 13.7 Å². The van der Waals surface area contributed by atoms with E-state index in [0.717, 1.165) is 39.1 Å². The van der Waals surface area contributed by atoms with Gasteiger partial charge in [-0.1, -0.05) is 0 Å². The zero-order valence-corrected chi connectivity index (χ0v) is 12.1. The van der Waals surface area contributed by atoms with Crippen LogP contribution in [0.1, 0.15) is 32.6 Å². The van der Waals surface area contributed by atoms with Crippen molar-refractivity contribution in [1.82, 2.24) is 10.2 Å². The highest BCUT2D eigenvalue weighted by atomic mass is 16.5. The van der Waals surface area contributed by atoms with Crippen LogP contribution in [0.15, 0.2) is 0 Å². The summed E-state index contributed by atoms with van der Waals surface area (Å²) in [5, 5.41) is 3.71. The van der Waals surface area contributed by atoms with Gasteiger partial charge < -0.3 is 19.7 Å². The molecule has 2 atom stereocenters. The minimum absolute atomic E-state index is 0.202. The van der Waals surface area contributed by atoms with Gasteiger partial charge in [0, 0.05) is 31.8 Å². The number of hydrogen-bond donors (Lipinski definition) is 1. The van der Waals surface area contributed by atoms with Crippen molar-refractivity contribution < 1.29 is 14.3 Å². The molecule has 1 N–H and O–H groups in total. The fourth-order valence-electron chi connectivity index (χ4n) is 3.03. The molecule has 2 unspecified atom stereocenters. The van der Waals surface area contributed by atoms with Crippen molar-refractivity contribution in [2.24, 2.45) is 5.92 Å². The van der Waals surface area contributed by atoms with E-state index in [-0.39, 0.29) is 6.09 Å². The van der Waals surface area contributed by atoms with Gasteiger partial charge in [0.25, 0.3) is 0 Å². The molecule has 5 nitrogen and oxygen atoms in total. The van der Waals surface area contributed by atoms with Gasteiger partial charge >= 0.3 is 6.09 Å². The maximum absolute atomic E-state index is 11.4. The maximum atomic E-state index is 11.4. The number of nitrogens with zero attached hydrogens (tertiary/aromatic N) is 1. The summed E-state index contributed by atoms with van der Waals surface area (Å²) in [7, 11) is 1.44. The molecule has 2 saturated heterocycles. The van der Waals surface area contributed by atoms with Crippen molar-refractivity contribution in [3.05, 3.63) is 0 Å². The Labute approximate surface area is 115 Å². The molecule has 2 heterocycles. The fraction of sp³-hybridized carbons (Fsp3) is 0.929. The second-order valence-corrected chi connectivity index (χ2v) is 5.66. The van der Waals surface area contributed by atoms with Gasteiger partial charge in [0.2, 0.25) is 0 Å². The van der Waals surface area contributed by atoms with E-state index in [9.17, 15) is 4.79 Å². The molecular formula is C14H26N2O3. The first-order valence-electron chi connectivity index (χ1n) is 7.37. The number of rotatable bonds is 3. The van der Waals surface area contributed by atoms with E-state index in [1.165, 1.54) is 20.0 Å². The molecule has 2 aliphatic heterocycles. The van der Waals surface area contributed by atoms with Gasteiger partial charge in [0.1, 0.15) is 0 Å². The van der Waals surface area contributed by atoms with Crippen LogP contribution in [0, 0.1) is 5.92 Å². The van der Waals surface area contributed by atoms with Gasteiger partial charge in [0.15, 0.2) is 0 Å². The summed E-state index contributed by atoms with van der Waals surface area (Å²) in [6, 6.07) is 1.01. The van der Waals surface area contributed by atoms with Crippen LogP contribution in [0.5, 0.6) is 0 Å². The molecule has 0 aromatic heterocycles. The molecule has 0 spiro atoms. The lowest BCUT2D eigenvalue weighted by atomic mass is 9.93. The van der Waals surface area contributed by atoms with Crippen LogP contribution in [0.25, 0.3) is 0 Å². The third-order valence-corrected chi connectivity index (χ3v) is 4.33. The van der Waals surface area contributed by atoms with E-state index in [1.807, 2.05) is 0 Å². The van der Waals surface area contributed by atoms with Crippen LogP contribution in [0.3, 0.4) is 0 Å². The summed E-state index contributed by atoms with van der Waals surface area (Å²) in [4.78, 5) is 13.2. The third-order valence-electron chi connectivity index (χ3n) is 4.33. The lowest BCUT2D eigenvalue weighted by Crippen LogP contribution is -2.49. The summed E-state index contributed by atoms with van der Waals surface area (Å²) in [6.07, 6.45) is 4.25. The van der Waals surface area contributed by atoms with Crippen LogP contribution in [-0.4, -0.2) is 56.5 Å². The van der Waals surface area contributed by atoms with E-state index in [0.29, 0.717) is 18.0 Å². The van der Waals surface area contributed by atoms with Crippen LogP contribution < -0.4 is 5.32 Å². The van der Waals surface area contributed by atoms with Gasteiger partial charge in [-0.05, 0) is 38.5 Å².